The van der Waals surface area contributed by atoms with Gasteiger partial charge in [0.2, 0.25) is 5.91 Å². The minimum absolute atomic E-state index is 0.0186. The second-order valence-electron chi connectivity index (χ2n) is 5.25. The second-order valence-corrected chi connectivity index (χ2v) is 5.25. The average Bonchev–Trinajstić information content (AvgIpc) is 2.38. The summed E-state index contributed by atoms with van der Waals surface area (Å²) in [7, 11) is 0. The summed E-state index contributed by atoms with van der Waals surface area (Å²) in [4.78, 5) is 14.4. The number of piperidine rings is 1. The summed E-state index contributed by atoms with van der Waals surface area (Å²) < 4.78 is 5.30. The molecule has 2 N–H and O–H groups in total. The Kier molecular flexibility index (Phi) is 4.01. The Morgan fingerprint density at radius 1 is 1.65 bits per heavy atom. The normalized spacial score (nSPS) is 34.7. The van der Waals surface area contributed by atoms with Gasteiger partial charge < -0.3 is 20.1 Å². The fourth-order valence-electron chi connectivity index (χ4n) is 2.66. The first-order chi connectivity index (χ1) is 8.17. The van der Waals surface area contributed by atoms with Crippen molar-refractivity contribution in [3.63, 3.8) is 0 Å². The molecule has 2 saturated heterocycles. The van der Waals surface area contributed by atoms with Gasteiger partial charge in [-0.15, -0.1) is 0 Å². The molecular weight excluding hydrogens is 220 g/mol. The molecular formula is C12H22N2O3. The number of morpholine rings is 1. The molecule has 0 aromatic carbocycles. The van der Waals surface area contributed by atoms with Crippen molar-refractivity contribution >= 4 is 5.91 Å². The topological polar surface area (TPSA) is 61.8 Å². The Hall–Kier alpha value is -0.650. The van der Waals surface area contributed by atoms with Crippen LogP contribution in [0, 0.1) is 5.41 Å². The van der Waals surface area contributed by atoms with Gasteiger partial charge in [-0.05, 0) is 26.3 Å². The summed E-state index contributed by atoms with van der Waals surface area (Å²) in [6.07, 6.45) is 1.96. The predicted molar refractivity (Wildman–Crippen MR) is 63.6 cm³/mol. The third kappa shape index (κ3) is 2.61. The van der Waals surface area contributed by atoms with E-state index in [4.69, 9.17) is 4.74 Å². The zero-order valence-corrected chi connectivity index (χ0v) is 10.4. The number of rotatable bonds is 2. The summed E-state index contributed by atoms with van der Waals surface area (Å²) in [6.45, 7) is 5.36. The molecule has 0 spiro atoms. The van der Waals surface area contributed by atoms with Crippen LogP contribution < -0.4 is 5.32 Å². The number of nitrogens with one attached hydrogen (secondary N) is 1. The quantitative estimate of drug-likeness (QED) is 0.691. The van der Waals surface area contributed by atoms with E-state index < -0.39 is 0 Å². The molecule has 2 aliphatic rings. The molecule has 0 radical (unpaired) electrons. The van der Waals surface area contributed by atoms with Gasteiger partial charge in [0, 0.05) is 13.1 Å². The van der Waals surface area contributed by atoms with E-state index in [1.165, 1.54) is 0 Å². The van der Waals surface area contributed by atoms with E-state index in [-0.39, 0.29) is 24.0 Å². The fourth-order valence-corrected chi connectivity index (χ4v) is 2.66. The van der Waals surface area contributed by atoms with Crippen LogP contribution in [0.2, 0.25) is 0 Å². The molecule has 0 aliphatic carbocycles. The van der Waals surface area contributed by atoms with E-state index in [1.54, 1.807) is 4.90 Å². The highest BCUT2D eigenvalue weighted by Crippen LogP contribution is 2.29. The van der Waals surface area contributed by atoms with E-state index in [2.05, 4.69) is 5.32 Å². The maximum absolute atomic E-state index is 12.6. The molecule has 5 nitrogen and oxygen atoms in total. The first kappa shape index (κ1) is 12.8. The number of hydrogen-bond acceptors (Lipinski definition) is 4. The predicted octanol–water partition coefficient (Wildman–Crippen LogP) is -0.404. The van der Waals surface area contributed by atoms with Crippen molar-refractivity contribution in [3.8, 4) is 0 Å². The molecule has 2 fully saturated rings. The standard InChI is InChI=1S/C12H22N2O3/c1-12(3-2-4-13-9-12)11(16)14-5-6-17-8-10(14)7-15/h10,13,15H,2-9H2,1H3. The molecule has 1 amide bonds. The van der Waals surface area contributed by atoms with E-state index in [9.17, 15) is 9.90 Å². The Morgan fingerprint density at radius 3 is 3.12 bits per heavy atom. The van der Waals surface area contributed by atoms with Crippen molar-refractivity contribution < 1.29 is 14.6 Å². The number of nitrogens with zero attached hydrogens (tertiary/aromatic N) is 1. The van der Waals surface area contributed by atoms with Crippen LogP contribution in [0.1, 0.15) is 19.8 Å². The molecule has 2 aliphatic heterocycles. The van der Waals surface area contributed by atoms with Crippen molar-refractivity contribution in [3.05, 3.63) is 0 Å². The minimum Gasteiger partial charge on any atom is -0.394 e. The van der Waals surface area contributed by atoms with Gasteiger partial charge in [-0.1, -0.05) is 0 Å². The zero-order chi connectivity index (χ0) is 12.3. The lowest BCUT2D eigenvalue weighted by Crippen LogP contribution is -2.57. The molecule has 2 atom stereocenters. The van der Waals surface area contributed by atoms with Gasteiger partial charge in [0.15, 0.2) is 0 Å². The van der Waals surface area contributed by atoms with Gasteiger partial charge >= 0.3 is 0 Å². The maximum atomic E-state index is 12.6. The molecule has 0 bridgehead atoms. The summed E-state index contributed by atoms with van der Waals surface area (Å²) in [5.74, 6) is 0.159. The van der Waals surface area contributed by atoms with Crippen LogP contribution in [0.25, 0.3) is 0 Å². The number of carbonyl (C=O) groups excluding carboxylic acids is 1. The van der Waals surface area contributed by atoms with Gasteiger partial charge in [0.05, 0.1) is 31.3 Å². The van der Waals surface area contributed by atoms with Crippen LogP contribution in [0.3, 0.4) is 0 Å². The highest BCUT2D eigenvalue weighted by atomic mass is 16.5. The monoisotopic (exact) mass is 242 g/mol. The van der Waals surface area contributed by atoms with Crippen LogP contribution >= 0.6 is 0 Å². The Balaban J connectivity index is 2.06. The molecule has 98 valence electrons. The largest absolute Gasteiger partial charge is 0.394 e. The maximum Gasteiger partial charge on any atom is 0.230 e. The Labute approximate surface area is 102 Å². The van der Waals surface area contributed by atoms with E-state index in [0.717, 1.165) is 25.9 Å². The molecule has 0 aromatic rings. The van der Waals surface area contributed by atoms with Crippen LogP contribution in [-0.4, -0.2) is 61.4 Å². The molecule has 2 rings (SSSR count). The number of carbonyl (C=O) groups is 1. The molecule has 0 saturated carbocycles. The zero-order valence-electron chi connectivity index (χ0n) is 10.4. The number of aliphatic hydroxyl groups is 1. The second kappa shape index (κ2) is 5.33. The SMILES string of the molecule is CC1(C(=O)N2CCOCC2CO)CCCNC1. The summed E-state index contributed by atoms with van der Waals surface area (Å²) in [5.41, 5.74) is -0.316. The van der Waals surface area contributed by atoms with Gasteiger partial charge in [-0.3, -0.25) is 4.79 Å². The van der Waals surface area contributed by atoms with Gasteiger partial charge in [0.1, 0.15) is 0 Å². The highest BCUT2D eigenvalue weighted by molar-refractivity contribution is 5.83. The van der Waals surface area contributed by atoms with Crippen molar-refractivity contribution in [1.82, 2.24) is 10.2 Å². The molecule has 2 heterocycles. The third-order valence-electron chi connectivity index (χ3n) is 3.81. The van der Waals surface area contributed by atoms with Crippen molar-refractivity contribution in [2.75, 3.05) is 39.5 Å². The molecule has 17 heavy (non-hydrogen) atoms. The van der Waals surface area contributed by atoms with E-state index >= 15 is 0 Å². The Morgan fingerprint density at radius 2 is 2.47 bits per heavy atom. The summed E-state index contributed by atoms with van der Waals surface area (Å²) in [6, 6.07) is -0.171. The van der Waals surface area contributed by atoms with Gasteiger partial charge in [-0.2, -0.15) is 0 Å². The Bertz CT molecular complexity index is 277. The summed E-state index contributed by atoms with van der Waals surface area (Å²) in [5, 5.41) is 12.6. The van der Waals surface area contributed by atoms with Crippen LogP contribution in [0.5, 0.6) is 0 Å². The van der Waals surface area contributed by atoms with Crippen LogP contribution in [-0.2, 0) is 9.53 Å². The first-order valence-corrected chi connectivity index (χ1v) is 6.38. The third-order valence-corrected chi connectivity index (χ3v) is 3.81. The van der Waals surface area contributed by atoms with Crippen molar-refractivity contribution in [1.29, 1.82) is 0 Å². The van der Waals surface area contributed by atoms with Crippen molar-refractivity contribution in [2.45, 2.75) is 25.8 Å². The smallest absolute Gasteiger partial charge is 0.230 e. The molecule has 0 aromatic heterocycles. The lowest BCUT2D eigenvalue weighted by Gasteiger charge is -2.42. The van der Waals surface area contributed by atoms with Crippen LogP contribution in [0.15, 0.2) is 0 Å². The van der Waals surface area contributed by atoms with Gasteiger partial charge in [-0.25, -0.2) is 0 Å². The fraction of sp³-hybridized carbons (Fsp3) is 0.917. The number of hydrogen-bond donors (Lipinski definition) is 2. The number of amides is 1. The van der Waals surface area contributed by atoms with E-state index in [0.29, 0.717) is 19.8 Å². The lowest BCUT2D eigenvalue weighted by atomic mass is 9.81. The van der Waals surface area contributed by atoms with Gasteiger partial charge in [0.25, 0.3) is 0 Å². The van der Waals surface area contributed by atoms with Crippen LogP contribution in [0.4, 0.5) is 0 Å². The average molecular weight is 242 g/mol. The summed E-state index contributed by atoms with van der Waals surface area (Å²) >= 11 is 0. The minimum atomic E-state index is -0.316. The lowest BCUT2D eigenvalue weighted by molar-refractivity contribution is -0.152. The van der Waals surface area contributed by atoms with E-state index in [1.807, 2.05) is 6.92 Å². The number of aliphatic hydroxyl groups excluding tert-OH is 1. The first-order valence-electron chi connectivity index (χ1n) is 6.38. The highest BCUT2D eigenvalue weighted by Gasteiger charge is 2.40. The number of ether oxygens (including phenoxy) is 1. The van der Waals surface area contributed by atoms with Crippen molar-refractivity contribution in [2.24, 2.45) is 5.41 Å². The molecule has 2 unspecified atom stereocenters. The molecule has 5 heteroatoms.